The summed E-state index contributed by atoms with van der Waals surface area (Å²) in [4.78, 5) is 11.1. The standard InChI is InChI=1S/C10H21NO3/c1-8(2)13-6-7-14-10(12)5-4-9(3)11/h8-9H,4-7,11H2,1-3H3. The van der Waals surface area contributed by atoms with Gasteiger partial charge in [-0.05, 0) is 27.2 Å². The van der Waals surface area contributed by atoms with Crippen LogP contribution in [0.3, 0.4) is 0 Å². The number of carbonyl (C=O) groups is 1. The Morgan fingerprint density at radius 2 is 1.93 bits per heavy atom. The monoisotopic (exact) mass is 203 g/mol. The molecule has 0 fully saturated rings. The van der Waals surface area contributed by atoms with Crippen LogP contribution < -0.4 is 5.73 Å². The third-order valence-electron chi connectivity index (χ3n) is 1.60. The Hall–Kier alpha value is -0.610. The molecule has 84 valence electrons. The van der Waals surface area contributed by atoms with E-state index in [2.05, 4.69) is 0 Å². The highest BCUT2D eigenvalue weighted by Gasteiger charge is 2.04. The Morgan fingerprint density at radius 1 is 1.29 bits per heavy atom. The van der Waals surface area contributed by atoms with E-state index in [1.165, 1.54) is 0 Å². The van der Waals surface area contributed by atoms with Crippen LogP contribution in [0.1, 0.15) is 33.6 Å². The molecule has 0 rings (SSSR count). The van der Waals surface area contributed by atoms with Crippen molar-refractivity contribution in [3.8, 4) is 0 Å². The maximum absolute atomic E-state index is 11.1. The lowest BCUT2D eigenvalue weighted by atomic mass is 10.2. The summed E-state index contributed by atoms with van der Waals surface area (Å²) in [5.41, 5.74) is 5.50. The van der Waals surface area contributed by atoms with Crippen LogP contribution in [0.15, 0.2) is 0 Å². The lowest BCUT2D eigenvalue weighted by molar-refractivity contribution is -0.145. The summed E-state index contributed by atoms with van der Waals surface area (Å²) >= 11 is 0. The van der Waals surface area contributed by atoms with Crippen molar-refractivity contribution in [3.05, 3.63) is 0 Å². The minimum atomic E-state index is -0.199. The first-order valence-electron chi connectivity index (χ1n) is 5.05. The van der Waals surface area contributed by atoms with E-state index in [1.54, 1.807) is 0 Å². The summed E-state index contributed by atoms with van der Waals surface area (Å²) in [6, 6.07) is 0.0504. The van der Waals surface area contributed by atoms with Crippen LogP contribution in [0, 0.1) is 0 Å². The van der Waals surface area contributed by atoms with Gasteiger partial charge in [-0.2, -0.15) is 0 Å². The Kier molecular flexibility index (Phi) is 7.42. The van der Waals surface area contributed by atoms with Crippen molar-refractivity contribution in [1.82, 2.24) is 0 Å². The van der Waals surface area contributed by atoms with E-state index in [9.17, 15) is 4.79 Å². The van der Waals surface area contributed by atoms with Crippen LogP contribution in [-0.2, 0) is 14.3 Å². The Bertz CT molecular complexity index is 157. The number of esters is 1. The Balaban J connectivity index is 3.27. The van der Waals surface area contributed by atoms with E-state index in [0.29, 0.717) is 26.1 Å². The van der Waals surface area contributed by atoms with Crippen molar-refractivity contribution in [3.63, 3.8) is 0 Å². The molecular formula is C10H21NO3. The number of rotatable bonds is 7. The first-order chi connectivity index (χ1) is 6.52. The van der Waals surface area contributed by atoms with Crippen LogP contribution in [0.4, 0.5) is 0 Å². The van der Waals surface area contributed by atoms with Gasteiger partial charge in [0.15, 0.2) is 0 Å². The molecule has 4 heteroatoms. The zero-order chi connectivity index (χ0) is 11.0. The average Bonchev–Trinajstić information content (AvgIpc) is 2.08. The van der Waals surface area contributed by atoms with Gasteiger partial charge >= 0.3 is 5.97 Å². The lowest BCUT2D eigenvalue weighted by Gasteiger charge is -2.08. The minimum absolute atomic E-state index is 0.0504. The highest BCUT2D eigenvalue weighted by molar-refractivity contribution is 5.69. The van der Waals surface area contributed by atoms with Gasteiger partial charge in [-0.25, -0.2) is 0 Å². The highest BCUT2D eigenvalue weighted by atomic mass is 16.6. The molecule has 0 saturated heterocycles. The van der Waals surface area contributed by atoms with Gasteiger partial charge < -0.3 is 15.2 Å². The lowest BCUT2D eigenvalue weighted by Crippen LogP contribution is -2.18. The molecule has 0 aliphatic heterocycles. The van der Waals surface area contributed by atoms with Crippen molar-refractivity contribution < 1.29 is 14.3 Å². The van der Waals surface area contributed by atoms with Gasteiger partial charge in [0.25, 0.3) is 0 Å². The second-order valence-corrected chi connectivity index (χ2v) is 3.66. The number of hydrogen-bond acceptors (Lipinski definition) is 4. The molecule has 1 atom stereocenters. The summed E-state index contributed by atoms with van der Waals surface area (Å²) < 4.78 is 10.1. The van der Waals surface area contributed by atoms with Gasteiger partial charge in [0, 0.05) is 12.5 Å². The van der Waals surface area contributed by atoms with Crippen molar-refractivity contribution in [1.29, 1.82) is 0 Å². The molecule has 1 unspecified atom stereocenters. The molecule has 0 aliphatic rings. The minimum Gasteiger partial charge on any atom is -0.463 e. The van der Waals surface area contributed by atoms with Crippen LogP contribution in [0.5, 0.6) is 0 Å². The van der Waals surface area contributed by atoms with Gasteiger partial charge in [0.1, 0.15) is 6.61 Å². The molecule has 0 bridgehead atoms. The fourth-order valence-electron chi connectivity index (χ4n) is 0.857. The molecule has 0 aromatic carbocycles. The average molecular weight is 203 g/mol. The molecular weight excluding hydrogens is 182 g/mol. The first kappa shape index (κ1) is 13.4. The van der Waals surface area contributed by atoms with Crippen LogP contribution >= 0.6 is 0 Å². The van der Waals surface area contributed by atoms with Crippen molar-refractivity contribution in [2.24, 2.45) is 5.73 Å². The zero-order valence-corrected chi connectivity index (χ0v) is 9.29. The summed E-state index contributed by atoms with van der Waals surface area (Å²) in [5.74, 6) is -0.199. The maximum Gasteiger partial charge on any atom is 0.305 e. The molecule has 0 amide bonds. The second-order valence-electron chi connectivity index (χ2n) is 3.66. The fraction of sp³-hybridized carbons (Fsp3) is 0.900. The maximum atomic E-state index is 11.1. The van der Waals surface area contributed by atoms with E-state index in [4.69, 9.17) is 15.2 Å². The van der Waals surface area contributed by atoms with E-state index < -0.39 is 0 Å². The van der Waals surface area contributed by atoms with E-state index in [0.717, 1.165) is 0 Å². The number of ether oxygens (including phenoxy) is 2. The van der Waals surface area contributed by atoms with Crippen molar-refractivity contribution in [2.45, 2.75) is 45.8 Å². The Morgan fingerprint density at radius 3 is 2.43 bits per heavy atom. The molecule has 2 N–H and O–H groups in total. The largest absolute Gasteiger partial charge is 0.463 e. The Labute approximate surface area is 85.8 Å². The molecule has 0 heterocycles. The normalized spacial score (nSPS) is 12.9. The number of nitrogens with two attached hydrogens (primary N) is 1. The predicted molar refractivity (Wildman–Crippen MR) is 54.9 cm³/mol. The van der Waals surface area contributed by atoms with Gasteiger partial charge in [0.05, 0.1) is 12.7 Å². The van der Waals surface area contributed by atoms with E-state index in [-0.39, 0.29) is 18.1 Å². The number of carbonyl (C=O) groups excluding carboxylic acids is 1. The zero-order valence-electron chi connectivity index (χ0n) is 9.29. The predicted octanol–water partition coefficient (Wildman–Crippen LogP) is 1.08. The topological polar surface area (TPSA) is 61.6 Å². The summed E-state index contributed by atoms with van der Waals surface area (Å²) in [5, 5.41) is 0. The van der Waals surface area contributed by atoms with Gasteiger partial charge in [0.2, 0.25) is 0 Å². The van der Waals surface area contributed by atoms with Crippen molar-refractivity contribution in [2.75, 3.05) is 13.2 Å². The molecule has 0 radical (unpaired) electrons. The van der Waals surface area contributed by atoms with Crippen molar-refractivity contribution >= 4 is 5.97 Å². The summed E-state index contributed by atoms with van der Waals surface area (Å²) in [6.07, 6.45) is 1.24. The summed E-state index contributed by atoms with van der Waals surface area (Å²) in [6.45, 7) is 6.54. The quantitative estimate of drug-likeness (QED) is 0.497. The van der Waals surface area contributed by atoms with E-state index in [1.807, 2.05) is 20.8 Å². The highest BCUT2D eigenvalue weighted by Crippen LogP contribution is 1.96. The third-order valence-corrected chi connectivity index (χ3v) is 1.60. The number of hydrogen-bond donors (Lipinski definition) is 1. The summed E-state index contributed by atoms with van der Waals surface area (Å²) in [7, 11) is 0. The molecule has 0 spiro atoms. The van der Waals surface area contributed by atoms with Gasteiger partial charge in [-0.15, -0.1) is 0 Å². The SMILES string of the molecule is CC(N)CCC(=O)OCCOC(C)C. The molecule has 4 nitrogen and oxygen atoms in total. The smallest absolute Gasteiger partial charge is 0.305 e. The van der Waals surface area contributed by atoms with E-state index >= 15 is 0 Å². The second kappa shape index (κ2) is 7.76. The third kappa shape index (κ3) is 9.48. The molecule has 0 saturated carbocycles. The molecule has 0 aromatic rings. The molecule has 0 aliphatic carbocycles. The van der Waals surface area contributed by atoms with Crippen LogP contribution in [0.25, 0.3) is 0 Å². The van der Waals surface area contributed by atoms with Gasteiger partial charge in [-0.1, -0.05) is 0 Å². The van der Waals surface area contributed by atoms with Crippen LogP contribution in [-0.4, -0.2) is 31.3 Å². The molecule has 14 heavy (non-hydrogen) atoms. The molecule has 0 aromatic heterocycles. The van der Waals surface area contributed by atoms with Crippen LogP contribution in [0.2, 0.25) is 0 Å². The first-order valence-corrected chi connectivity index (χ1v) is 5.05. The van der Waals surface area contributed by atoms with Gasteiger partial charge in [-0.3, -0.25) is 4.79 Å². The fourth-order valence-corrected chi connectivity index (χ4v) is 0.857.